The van der Waals surface area contributed by atoms with Crippen LogP contribution in [0.3, 0.4) is 0 Å². The Morgan fingerprint density at radius 3 is 2.78 bits per heavy atom. The lowest BCUT2D eigenvalue weighted by Gasteiger charge is -2.06. The highest BCUT2D eigenvalue weighted by atomic mass is 79.9. The van der Waals surface area contributed by atoms with E-state index in [9.17, 15) is 14.0 Å². The number of para-hydroxylation sites is 2. The van der Waals surface area contributed by atoms with Gasteiger partial charge in [0.2, 0.25) is 0 Å². The van der Waals surface area contributed by atoms with Crippen LogP contribution < -0.4 is 5.63 Å². The number of nitrogens with zero attached hydrogens (tertiary/aromatic N) is 1. The maximum Gasteiger partial charge on any atom is 0.361 e. The highest BCUT2D eigenvalue weighted by Gasteiger charge is 2.26. The van der Waals surface area contributed by atoms with E-state index in [-0.39, 0.29) is 28.8 Å². The fraction of sp³-hybridized carbons (Fsp3) is 0.100. The van der Waals surface area contributed by atoms with Crippen molar-refractivity contribution in [3.63, 3.8) is 0 Å². The summed E-state index contributed by atoms with van der Waals surface area (Å²) in [4.78, 5) is 25.3. The maximum absolute atomic E-state index is 14.5. The van der Waals surface area contributed by atoms with Crippen molar-refractivity contribution >= 4 is 38.5 Å². The van der Waals surface area contributed by atoms with Crippen molar-refractivity contribution in [1.29, 1.82) is 0 Å². The number of esters is 1. The van der Waals surface area contributed by atoms with Crippen LogP contribution in [0.15, 0.2) is 62.3 Å². The normalized spacial score (nSPS) is 11.2. The summed E-state index contributed by atoms with van der Waals surface area (Å²) in [6, 6.07) is 11.3. The molecule has 2 aromatic heterocycles. The molecule has 0 unspecified atom stereocenters. The van der Waals surface area contributed by atoms with Gasteiger partial charge in [-0.2, -0.15) is 0 Å². The minimum absolute atomic E-state index is 0.0153. The third-order valence-electron chi connectivity index (χ3n) is 4.22. The number of hydrogen-bond donors (Lipinski definition) is 0. The molecule has 2 heterocycles. The van der Waals surface area contributed by atoms with Gasteiger partial charge in [-0.15, -0.1) is 0 Å². The first-order valence-corrected chi connectivity index (χ1v) is 9.00. The Kier molecular flexibility index (Phi) is 4.31. The van der Waals surface area contributed by atoms with Gasteiger partial charge in [0.1, 0.15) is 16.9 Å². The summed E-state index contributed by atoms with van der Waals surface area (Å²) in [5, 5.41) is 0. The van der Waals surface area contributed by atoms with E-state index in [1.165, 1.54) is 6.07 Å². The van der Waals surface area contributed by atoms with Crippen LogP contribution in [0.5, 0.6) is 0 Å². The van der Waals surface area contributed by atoms with E-state index < -0.39 is 17.4 Å². The lowest BCUT2D eigenvalue weighted by atomic mass is 10.0. The minimum atomic E-state index is -0.711. The Morgan fingerprint density at radius 2 is 2.00 bits per heavy atom. The van der Waals surface area contributed by atoms with Gasteiger partial charge in [0, 0.05) is 21.8 Å². The number of hydrogen-bond acceptors (Lipinski definition) is 4. The number of fused-ring (bicyclic) bond motifs is 3. The number of carbonyl (C=O) groups excluding carboxylic acids is 1. The molecular formula is C20H13BrFNO4. The summed E-state index contributed by atoms with van der Waals surface area (Å²) < 4.78 is 27.2. The van der Waals surface area contributed by atoms with Gasteiger partial charge >= 0.3 is 11.6 Å². The average molecular weight is 430 g/mol. The van der Waals surface area contributed by atoms with Crippen LogP contribution in [-0.2, 0) is 4.74 Å². The molecule has 0 aliphatic heterocycles. The van der Waals surface area contributed by atoms with Crippen molar-refractivity contribution in [2.75, 3.05) is 6.61 Å². The van der Waals surface area contributed by atoms with Gasteiger partial charge in [0.15, 0.2) is 5.58 Å². The first kappa shape index (κ1) is 17.5. The first-order chi connectivity index (χ1) is 13.0. The third kappa shape index (κ3) is 2.84. The number of benzene rings is 2. The second-order valence-corrected chi connectivity index (χ2v) is 6.75. The Hall–Kier alpha value is -2.93. The summed E-state index contributed by atoms with van der Waals surface area (Å²) in [6.45, 7) is 1.78. The molecular weight excluding hydrogens is 417 g/mol. The lowest BCUT2D eigenvalue weighted by Crippen LogP contribution is -2.11. The van der Waals surface area contributed by atoms with Crippen molar-refractivity contribution in [2.45, 2.75) is 6.92 Å². The predicted molar refractivity (Wildman–Crippen MR) is 102 cm³/mol. The average Bonchev–Trinajstić information content (AvgIpc) is 3.05. The second-order valence-electron chi connectivity index (χ2n) is 5.84. The van der Waals surface area contributed by atoms with Crippen molar-refractivity contribution in [1.82, 2.24) is 4.40 Å². The molecule has 4 aromatic rings. The summed E-state index contributed by atoms with van der Waals surface area (Å²) in [6.07, 6.45) is 1.56. The zero-order valence-electron chi connectivity index (χ0n) is 14.2. The summed E-state index contributed by atoms with van der Waals surface area (Å²) in [7, 11) is 0. The van der Waals surface area contributed by atoms with Crippen LogP contribution in [0.2, 0.25) is 0 Å². The van der Waals surface area contributed by atoms with E-state index in [0.717, 1.165) is 0 Å². The van der Waals surface area contributed by atoms with Crippen LogP contribution in [0.25, 0.3) is 27.7 Å². The van der Waals surface area contributed by atoms with Gasteiger partial charge in [-0.05, 0) is 37.3 Å². The molecule has 136 valence electrons. The molecule has 0 N–H and O–H groups in total. The van der Waals surface area contributed by atoms with Crippen LogP contribution in [0.1, 0.15) is 17.3 Å². The van der Waals surface area contributed by atoms with E-state index in [2.05, 4.69) is 15.9 Å². The smallest absolute Gasteiger partial charge is 0.361 e. The third-order valence-corrected chi connectivity index (χ3v) is 4.72. The Morgan fingerprint density at radius 1 is 1.22 bits per heavy atom. The Labute approximate surface area is 161 Å². The molecule has 5 nitrogen and oxygen atoms in total. The molecule has 0 saturated heterocycles. The molecule has 27 heavy (non-hydrogen) atoms. The van der Waals surface area contributed by atoms with Gasteiger partial charge in [0.25, 0.3) is 0 Å². The molecule has 4 rings (SSSR count). The minimum Gasteiger partial charge on any atom is -0.462 e. The fourth-order valence-electron chi connectivity index (χ4n) is 3.11. The first-order valence-electron chi connectivity index (χ1n) is 8.20. The highest BCUT2D eigenvalue weighted by molar-refractivity contribution is 9.10. The van der Waals surface area contributed by atoms with Gasteiger partial charge in [-0.3, -0.25) is 0 Å². The van der Waals surface area contributed by atoms with Crippen molar-refractivity contribution < 1.29 is 18.3 Å². The van der Waals surface area contributed by atoms with Crippen molar-refractivity contribution in [3.8, 4) is 11.1 Å². The Bertz CT molecular complexity index is 1260. The molecule has 0 amide bonds. The Balaban J connectivity index is 2.18. The molecule has 0 radical (unpaired) electrons. The van der Waals surface area contributed by atoms with Crippen molar-refractivity contribution in [2.24, 2.45) is 0 Å². The second kappa shape index (κ2) is 6.66. The molecule has 0 saturated carbocycles. The molecule has 0 atom stereocenters. The van der Waals surface area contributed by atoms with E-state index in [4.69, 9.17) is 9.15 Å². The number of aromatic nitrogens is 1. The molecule has 0 aliphatic carbocycles. The fourth-order valence-corrected chi connectivity index (χ4v) is 3.47. The molecule has 2 aromatic carbocycles. The van der Waals surface area contributed by atoms with Crippen LogP contribution >= 0.6 is 15.9 Å². The van der Waals surface area contributed by atoms with E-state index in [1.54, 1.807) is 53.9 Å². The highest BCUT2D eigenvalue weighted by Crippen LogP contribution is 2.33. The van der Waals surface area contributed by atoms with E-state index in [0.29, 0.717) is 15.6 Å². The predicted octanol–water partition coefficient (Wildman–Crippen LogP) is 4.79. The summed E-state index contributed by atoms with van der Waals surface area (Å²) in [5.41, 5.74) is 0.685. The SMILES string of the molecule is CCOC(=O)c1c(-c2cc(Br)ccc2F)cn2c1c(=O)oc1ccccc12. The van der Waals surface area contributed by atoms with Crippen LogP contribution in [-0.4, -0.2) is 17.0 Å². The van der Waals surface area contributed by atoms with Gasteiger partial charge in [0.05, 0.1) is 12.1 Å². The number of carbonyl (C=O) groups is 1. The van der Waals surface area contributed by atoms with Crippen molar-refractivity contribution in [3.05, 3.63) is 74.9 Å². The summed E-state index contributed by atoms with van der Waals surface area (Å²) >= 11 is 3.31. The molecule has 0 aliphatic rings. The topological polar surface area (TPSA) is 60.9 Å². The van der Waals surface area contributed by atoms with Gasteiger partial charge in [-0.25, -0.2) is 14.0 Å². The standard InChI is InChI=1S/C20H13BrFNO4/c1-2-26-19(24)17-13(12-9-11(21)7-8-14(12)22)10-23-15-5-3-4-6-16(15)27-20(25)18(17)23/h3-10H,2H2,1H3. The molecule has 0 bridgehead atoms. The quantitative estimate of drug-likeness (QED) is 0.439. The van der Waals surface area contributed by atoms with Gasteiger partial charge in [-0.1, -0.05) is 28.1 Å². The number of rotatable bonds is 3. The largest absolute Gasteiger partial charge is 0.462 e. The molecule has 0 spiro atoms. The summed E-state index contributed by atoms with van der Waals surface area (Å²) in [5.74, 6) is -1.23. The zero-order chi connectivity index (χ0) is 19.1. The number of ether oxygens (including phenoxy) is 1. The zero-order valence-corrected chi connectivity index (χ0v) is 15.7. The number of halogens is 2. The van der Waals surface area contributed by atoms with Gasteiger partial charge < -0.3 is 13.6 Å². The lowest BCUT2D eigenvalue weighted by molar-refractivity contribution is 0.0529. The van der Waals surface area contributed by atoms with E-state index >= 15 is 0 Å². The maximum atomic E-state index is 14.5. The molecule has 0 fully saturated rings. The van der Waals surface area contributed by atoms with Crippen LogP contribution in [0.4, 0.5) is 4.39 Å². The van der Waals surface area contributed by atoms with Crippen LogP contribution in [0, 0.1) is 5.82 Å². The van der Waals surface area contributed by atoms with E-state index in [1.807, 2.05) is 0 Å². The monoisotopic (exact) mass is 429 g/mol. The molecule has 7 heteroatoms.